The van der Waals surface area contributed by atoms with E-state index in [9.17, 15) is 4.79 Å². The Labute approximate surface area is 121 Å². The van der Waals surface area contributed by atoms with Gasteiger partial charge in [-0.25, -0.2) is 4.79 Å². The van der Waals surface area contributed by atoms with Crippen LogP contribution in [-0.2, 0) is 6.42 Å². The first-order chi connectivity index (χ1) is 10.2. The number of nitrogens with one attached hydrogen (secondary N) is 1. The fourth-order valence-corrected chi connectivity index (χ4v) is 2.20. The zero-order valence-corrected chi connectivity index (χ0v) is 11.2. The maximum atomic E-state index is 11.1. The number of oxazole rings is 1. The van der Waals surface area contributed by atoms with E-state index in [1.165, 1.54) is 0 Å². The van der Waals surface area contributed by atoms with Gasteiger partial charge in [0.2, 0.25) is 0 Å². The molecule has 0 fully saturated rings. The van der Waals surface area contributed by atoms with Crippen LogP contribution in [0.1, 0.15) is 15.9 Å². The fraction of sp³-hybridized carbons (Fsp3) is 0.125. The first-order valence-corrected chi connectivity index (χ1v) is 6.65. The number of aromatic carboxylic acids is 1. The highest BCUT2D eigenvalue weighted by atomic mass is 16.4. The molecule has 0 atom stereocenters. The number of carboxylic acid groups (broad SMARTS) is 1. The molecular weight excluding hydrogens is 268 g/mol. The van der Waals surface area contributed by atoms with Crippen LogP contribution in [0.5, 0.6) is 0 Å². The van der Waals surface area contributed by atoms with E-state index in [4.69, 9.17) is 9.52 Å². The van der Waals surface area contributed by atoms with Gasteiger partial charge in [0, 0.05) is 6.54 Å². The molecule has 106 valence electrons. The van der Waals surface area contributed by atoms with Crippen LogP contribution in [-0.4, -0.2) is 22.6 Å². The van der Waals surface area contributed by atoms with Crippen molar-refractivity contribution in [1.29, 1.82) is 0 Å². The van der Waals surface area contributed by atoms with Crippen molar-refractivity contribution < 1.29 is 14.3 Å². The van der Waals surface area contributed by atoms with Crippen LogP contribution in [0.3, 0.4) is 0 Å². The number of nitrogens with zero attached hydrogens (tertiary/aromatic N) is 1. The maximum Gasteiger partial charge on any atom is 0.335 e. The number of carbonyl (C=O) groups is 1. The monoisotopic (exact) mass is 282 g/mol. The standard InChI is InChI=1S/C16H14N2O3/c19-15(20)12-6-2-1-5-11(12)9-10-17-16-18-13-7-3-4-8-14(13)21-16/h1-8H,9-10H2,(H,17,18)(H,19,20). The minimum atomic E-state index is -0.910. The van der Waals surface area contributed by atoms with Gasteiger partial charge in [0.25, 0.3) is 6.01 Å². The Morgan fingerprint density at radius 2 is 1.90 bits per heavy atom. The minimum Gasteiger partial charge on any atom is -0.478 e. The number of benzene rings is 2. The van der Waals surface area contributed by atoms with Gasteiger partial charge in [-0.3, -0.25) is 0 Å². The molecule has 2 N–H and O–H groups in total. The summed E-state index contributed by atoms with van der Waals surface area (Å²) < 4.78 is 5.55. The molecule has 0 spiro atoms. The highest BCUT2D eigenvalue weighted by Gasteiger charge is 2.09. The SMILES string of the molecule is O=C(O)c1ccccc1CCNc1nc2ccccc2o1. The van der Waals surface area contributed by atoms with Crippen molar-refractivity contribution in [2.75, 3.05) is 11.9 Å². The molecule has 0 saturated carbocycles. The molecule has 21 heavy (non-hydrogen) atoms. The van der Waals surface area contributed by atoms with E-state index in [0.29, 0.717) is 24.5 Å². The molecule has 5 heteroatoms. The molecule has 0 aliphatic heterocycles. The predicted octanol–water partition coefficient (Wildman–Crippen LogP) is 3.18. The van der Waals surface area contributed by atoms with Crippen LogP contribution in [0.4, 0.5) is 6.01 Å². The maximum absolute atomic E-state index is 11.1. The molecule has 1 heterocycles. The number of hydrogen-bond acceptors (Lipinski definition) is 4. The number of para-hydroxylation sites is 2. The zero-order chi connectivity index (χ0) is 14.7. The number of aromatic nitrogens is 1. The summed E-state index contributed by atoms with van der Waals surface area (Å²) >= 11 is 0. The van der Waals surface area contributed by atoms with Crippen LogP contribution in [0.25, 0.3) is 11.1 Å². The Morgan fingerprint density at radius 1 is 1.14 bits per heavy atom. The number of fused-ring (bicyclic) bond motifs is 1. The van der Waals surface area contributed by atoms with Crippen LogP contribution < -0.4 is 5.32 Å². The predicted molar refractivity (Wildman–Crippen MR) is 79.6 cm³/mol. The molecule has 3 aromatic rings. The molecule has 0 amide bonds. The second-order valence-corrected chi connectivity index (χ2v) is 4.63. The van der Waals surface area contributed by atoms with Crippen molar-refractivity contribution >= 4 is 23.1 Å². The first kappa shape index (κ1) is 13.2. The van der Waals surface area contributed by atoms with Crippen LogP contribution in [0.2, 0.25) is 0 Å². The molecule has 3 rings (SSSR count). The molecule has 0 aliphatic rings. The van der Waals surface area contributed by atoms with E-state index < -0.39 is 5.97 Å². The minimum absolute atomic E-state index is 0.330. The molecule has 5 nitrogen and oxygen atoms in total. The van der Waals surface area contributed by atoms with Crippen molar-refractivity contribution in [3.63, 3.8) is 0 Å². The van der Waals surface area contributed by atoms with E-state index in [2.05, 4.69) is 10.3 Å². The smallest absolute Gasteiger partial charge is 0.335 e. The van der Waals surface area contributed by atoms with Crippen molar-refractivity contribution in [3.8, 4) is 0 Å². The topological polar surface area (TPSA) is 75.4 Å². The van der Waals surface area contributed by atoms with Crippen molar-refractivity contribution in [2.45, 2.75) is 6.42 Å². The van der Waals surface area contributed by atoms with Gasteiger partial charge in [-0.15, -0.1) is 0 Å². The first-order valence-electron chi connectivity index (χ1n) is 6.65. The van der Waals surface area contributed by atoms with E-state index in [1.807, 2.05) is 36.4 Å². The molecule has 2 aromatic carbocycles. The van der Waals surface area contributed by atoms with Crippen molar-refractivity contribution in [2.24, 2.45) is 0 Å². The van der Waals surface area contributed by atoms with Gasteiger partial charge >= 0.3 is 5.97 Å². The summed E-state index contributed by atoms with van der Waals surface area (Å²) in [7, 11) is 0. The van der Waals surface area contributed by atoms with Gasteiger partial charge in [0.15, 0.2) is 5.58 Å². The summed E-state index contributed by atoms with van der Waals surface area (Å²) in [5.41, 5.74) is 2.64. The molecule has 0 aliphatic carbocycles. The average molecular weight is 282 g/mol. The van der Waals surface area contributed by atoms with Gasteiger partial charge in [0.05, 0.1) is 5.56 Å². The summed E-state index contributed by atoms with van der Waals surface area (Å²) in [6.07, 6.45) is 0.585. The third-order valence-electron chi connectivity index (χ3n) is 3.21. The summed E-state index contributed by atoms with van der Waals surface area (Å²) in [6.45, 7) is 0.553. The van der Waals surface area contributed by atoms with Crippen molar-refractivity contribution in [1.82, 2.24) is 4.98 Å². The molecule has 0 saturated heterocycles. The van der Waals surface area contributed by atoms with Gasteiger partial charge in [0.1, 0.15) is 5.52 Å². The Hall–Kier alpha value is -2.82. The highest BCUT2D eigenvalue weighted by molar-refractivity contribution is 5.89. The highest BCUT2D eigenvalue weighted by Crippen LogP contribution is 2.18. The lowest BCUT2D eigenvalue weighted by molar-refractivity contribution is 0.0695. The molecule has 1 aromatic heterocycles. The largest absolute Gasteiger partial charge is 0.478 e. The van der Waals surface area contributed by atoms with Crippen LogP contribution in [0, 0.1) is 0 Å². The molecule has 0 bridgehead atoms. The number of anilines is 1. The van der Waals surface area contributed by atoms with Crippen LogP contribution in [0.15, 0.2) is 52.9 Å². The Kier molecular flexibility index (Phi) is 3.55. The molecule has 0 unspecified atom stereocenters. The lowest BCUT2D eigenvalue weighted by atomic mass is 10.0. The normalized spacial score (nSPS) is 10.7. The number of carboxylic acids is 1. The number of hydrogen-bond donors (Lipinski definition) is 2. The quantitative estimate of drug-likeness (QED) is 0.751. The Bertz CT molecular complexity index is 747. The second-order valence-electron chi connectivity index (χ2n) is 4.63. The van der Waals surface area contributed by atoms with Gasteiger partial charge < -0.3 is 14.8 Å². The number of rotatable bonds is 5. The van der Waals surface area contributed by atoms with E-state index in [1.54, 1.807) is 12.1 Å². The molecule has 0 radical (unpaired) electrons. The zero-order valence-electron chi connectivity index (χ0n) is 11.2. The summed E-state index contributed by atoms with van der Waals surface area (Å²) in [4.78, 5) is 15.4. The van der Waals surface area contributed by atoms with E-state index >= 15 is 0 Å². The third kappa shape index (κ3) is 2.86. The lowest BCUT2D eigenvalue weighted by Gasteiger charge is -2.05. The second kappa shape index (κ2) is 5.66. The Morgan fingerprint density at radius 3 is 2.71 bits per heavy atom. The summed E-state index contributed by atoms with van der Waals surface area (Å²) in [5.74, 6) is -0.910. The van der Waals surface area contributed by atoms with Crippen molar-refractivity contribution in [3.05, 3.63) is 59.7 Å². The summed E-state index contributed by atoms with van der Waals surface area (Å²) in [6, 6.07) is 15.0. The average Bonchev–Trinajstić information content (AvgIpc) is 2.90. The van der Waals surface area contributed by atoms with Gasteiger partial charge in [-0.2, -0.15) is 4.98 Å². The Balaban J connectivity index is 1.67. The van der Waals surface area contributed by atoms with Gasteiger partial charge in [-0.1, -0.05) is 30.3 Å². The summed E-state index contributed by atoms with van der Waals surface area (Å²) in [5, 5.41) is 12.2. The van der Waals surface area contributed by atoms with E-state index in [0.717, 1.165) is 16.7 Å². The van der Waals surface area contributed by atoms with Crippen LogP contribution >= 0.6 is 0 Å². The third-order valence-corrected chi connectivity index (χ3v) is 3.21. The lowest BCUT2D eigenvalue weighted by Crippen LogP contribution is -2.09. The molecular formula is C16H14N2O3. The van der Waals surface area contributed by atoms with Gasteiger partial charge in [-0.05, 0) is 30.2 Å². The van der Waals surface area contributed by atoms with E-state index in [-0.39, 0.29) is 0 Å². The fourth-order valence-electron chi connectivity index (χ4n) is 2.20.